The number of rotatable bonds is 4. The zero-order valence-corrected chi connectivity index (χ0v) is 11.1. The Morgan fingerprint density at radius 1 is 1.33 bits per heavy atom. The number of nitrogens with two attached hydrogens (primary N) is 1. The van der Waals surface area contributed by atoms with E-state index in [9.17, 15) is 4.39 Å². The summed E-state index contributed by atoms with van der Waals surface area (Å²) in [5, 5.41) is 1.23. The molecule has 0 fully saturated rings. The lowest BCUT2D eigenvalue weighted by Crippen LogP contribution is -2.09. The molecule has 5 heteroatoms. The molecular weight excluding hydrogens is 271 g/mol. The van der Waals surface area contributed by atoms with Gasteiger partial charge in [0.25, 0.3) is 0 Å². The van der Waals surface area contributed by atoms with Gasteiger partial charge in [-0.2, -0.15) is 0 Å². The van der Waals surface area contributed by atoms with Crippen LogP contribution >= 0.6 is 23.4 Å². The van der Waals surface area contributed by atoms with Gasteiger partial charge in [0.2, 0.25) is 0 Å². The monoisotopic (exact) mass is 282 g/mol. The van der Waals surface area contributed by atoms with E-state index in [2.05, 4.69) is 4.98 Å². The van der Waals surface area contributed by atoms with E-state index in [-0.39, 0.29) is 11.1 Å². The van der Waals surface area contributed by atoms with Gasteiger partial charge in [-0.15, -0.1) is 0 Å². The second kappa shape index (κ2) is 6.18. The van der Waals surface area contributed by atoms with Crippen molar-refractivity contribution in [2.45, 2.75) is 10.3 Å². The highest BCUT2D eigenvalue weighted by atomic mass is 35.5. The lowest BCUT2D eigenvalue weighted by atomic mass is 10.1. The van der Waals surface area contributed by atoms with Gasteiger partial charge >= 0.3 is 0 Å². The van der Waals surface area contributed by atoms with Gasteiger partial charge in [-0.1, -0.05) is 35.5 Å². The predicted molar refractivity (Wildman–Crippen MR) is 73.3 cm³/mol. The van der Waals surface area contributed by atoms with Crippen molar-refractivity contribution < 1.29 is 4.39 Å². The van der Waals surface area contributed by atoms with Crippen LogP contribution < -0.4 is 5.73 Å². The number of halogens is 2. The predicted octanol–water partition coefficient (Wildman–Crippen LogP) is 3.67. The second-order valence-electron chi connectivity index (χ2n) is 3.69. The molecule has 1 heterocycles. The van der Waals surface area contributed by atoms with Gasteiger partial charge in [0.1, 0.15) is 10.8 Å². The SMILES string of the molecule is NCC(Sc1ncccc1Cl)c1cccc(F)c1. The fraction of sp³-hybridized carbons (Fsp3) is 0.154. The van der Waals surface area contributed by atoms with Gasteiger partial charge in [0, 0.05) is 18.0 Å². The minimum Gasteiger partial charge on any atom is -0.329 e. The molecule has 94 valence electrons. The van der Waals surface area contributed by atoms with Gasteiger partial charge in [-0.25, -0.2) is 9.37 Å². The average Bonchev–Trinajstić information content (AvgIpc) is 2.38. The molecule has 0 bridgehead atoms. The van der Waals surface area contributed by atoms with Crippen LogP contribution in [0.3, 0.4) is 0 Å². The minimum atomic E-state index is -0.265. The summed E-state index contributed by atoms with van der Waals surface area (Å²) >= 11 is 7.49. The first kappa shape index (κ1) is 13.3. The van der Waals surface area contributed by atoms with Gasteiger partial charge in [-0.3, -0.25) is 0 Å². The highest BCUT2D eigenvalue weighted by Crippen LogP contribution is 2.36. The van der Waals surface area contributed by atoms with Crippen molar-refractivity contribution in [2.24, 2.45) is 5.73 Å². The first-order valence-electron chi connectivity index (χ1n) is 5.43. The van der Waals surface area contributed by atoms with Crippen molar-refractivity contribution in [1.29, 1.82) is 0 Å². The standard InChI is InChI=1S/C13H12ClFN2S/c14-11-5-2-6-17-13(11)18-12(8-16)9-3-1-4-10(15)7-9/h1-7,12H,8,16H2. The summed E-state index contributed by atoms with van der Waals surface area (Å²) < 4.78 is 13.2. The van der Waals surface area contributed by atoms with Crippen molar-refractivity contribution in [3.8, 4) is 0 Å². The van der Waals surface area contributed by atoms with Gasteiger partial charge in [0.05, 0.1) is 5.02 Å². The summed E-state index contributed by atoms with van der Waals surface area (Å²) in [6, 6.07) is 9.97. The van der Waals surface area contributed by atoms with Crippen LogP contribution in [0.25, 0.3) is 0 Å². The molecular formula is C13H12ClFN2S. The van der Waals surface area contributed by atoms with Crippen LogP contribution in [0.2, 0.25) is 5.02 Å². The van der Waals surface area contributed by atoms with Crippen molar-refractivity contribution in [2.75, 3.05) is 6.54 Å². The van der Waals surface area contributed by atoms with Crippen LogP contribution in [-0.4, -0.2) is 11.5 Å². The molecule has 1 unspecified atom stereocenters. The molecule has 0 amide bonds. The van der Waals surface area contributed by atoms with Gasteiger partial charge < -0.3 is 5.73 Å². The quantitative estimate of drug-likeness (QED) is 0.870. The molecule has 1 aromatic heterocycles. The van der Waals surface area contributed by atoms with Gasteiger partial charge in [-0.05, 0) is 29.8 Å². The van der Waals surface area contributed by atoms with Crippen molar-refractivity contribution in [1.82, 2.24) is 4.98 Å². The van der Waals surface area contributed by atoms with E-state index in [4.69, 9.17) is 17.3 Å². The molecule has 18 heavy (non-hydrogen) atoms. The molecule has 0 aliphatic carbocycles. The van der Waals surface area contributed by atoms with Crippen molar-refractivity contribution >= 4 is 23.4 Å². The number of thioether (sulfide) groups is 1. The Morgan fingerprint density at radius 3 is 2.83 bits per heavy atom. The molecule has 2 N–H and O–H groups in total. The largest absolute Gasteiger partial charge is 0.329 e. The number of nitrogens with zero attached hydrogens (tertiary/aromatic N) is 1. The number of pyridine rings is 1. The van der Waals surface area contributed by atoms with E-state index in [1.165, 1.54) is 23.9 Å². The smallest absolute Gasteiger partial charge is 0.123 e. The average molecular weight is 283 g/mol. The van der Waals surface area contributed by atoms with E-state index in [1.807, 2.05) is 6.07 Å². The molecule has 2 aromatic rings. The molecule has 0 saturated carbocycles. The third-order valence-corrected chi connectivity index (χ3v) is 4.13. The topological polar surface area (TPSA) is 38.9 Å². The lowest BCUT2D eigenvalue weighted by molar-refractivity contribution is 0.625. The maximum atomic E-state index is 13.2. The van der Waals surface area contributed by atoms with E-state index in [1.54, 1.807) is 24.4 Å². The summed E-state index contributed by atoms with van der Waals surface area (Å²) in [5.41, 5.74) is 6.58. The molecule has 0 radical (unpaired) electrons. The summed E-state index contributed by atoms with van der Waals surface area (Å²) in [5.74, 6) is -0.265. The fourth-order valence-corrected chi connectivity index (χ4v) is 2.76. The molecule has 1 atom stereocenters. The first-order valence-corrected chi connectivity index (χ1v) is 6.69. The first-order chi connectivity index (χ1) is 8.70. The van der Waals surface area contributed by atoms with E-state index in [0.717, 1.165) is 5.56 Å². The molecule has 2 rings (SSSR count). The minimum absolute atomic E-state index is 0.0619. The molecule has 2 nitrogen and oxygen atoms in total. The summed E-state index contributed by atoms with van der Waals surface area (Å²) in [6.45, 7) is 0.390. The molecule has 0 aliphatic rings. The number of benzene rings is 1. The summed E-state index contributed by atoms with van der Waals surface area (Å²) in [4.78, 5) is 4.20. The van der Waals surface area contributed by atoms with Crippen LogP contribution in [-0.2, 0) is 0 Å². The number of hydrogen-bond acceptors (Lipinski definition) is 3. The maximum absolute atomic E-state index is 13.2. The zero-order valence-electron chi connectivity index (χ0n) is 9.51. The molecule has 1 aromatic carbocycles. The van der Waals surface area contributed by atoms with Gasteiger partial charge in [0.15, 0.2) is 0 Å². The van der Waals surface area contributed by atoms with Crippen LogP contribution in [0.4, 0.5) is 4.39 Å². The molecule has 0 saturated heterocycles. The fourth-order valence-electron chi connectivity index (χ4n) is 1.55. The van der Waals surface area contributed by atoms with Crippen LogP contribution in [0, 0.1) is 5.82 Å². The highest BCUT2D eigenvalue weighted by molar-refractivity contribution is 7.99. The Morgan fingerprint density at radius 2 is 2.17 bits per heavy atom. The zero-order chi connectivity index (χ0) is 13.0. The number of hydrogen-bond donors (Lipinski definition) is 1. The Balaban J connectivity index is 2.23. The summed E-state index contributed by atoms with van der Waals surface area (Å²) in [7, 11) is 0. The normalized spacial score (nSPS) is 12.4. The Kier molecular flexibility index (Phi) is 4.58. The van der Waals surface area contributed by atoms with Crippen LogP contribution in [0.1, 0.15) is 10.8 Å². The van der Waals surface area contributed by atoms with Crippen molar-refractivity contribution in [3.63, 3.8) is 0 Å². The van der Waals surface area contributed by atoms with E-state index < -0.39 is 0 Å². The molecule has 0 aliphatic heterocycles. The van der Waals surface area contributed by atoms with Crippen molar-refractivity contribution in [3.05, 3.63) is 59.0 Å². The van der Waals surface area contributed by atoms with Crippen LogP contribution in [0.15, 0.2) is 47.6 Å². The lowest BCUT2D eigenvalue weighted by Gasteiger charge is -2.14. The van der Waals surface area contributed by atoms with E-state index in [0.29, 0.717) is 16.6 Å². The summed E-state index contributed by atoms with van der Waals surface area (Å²) in [6.07, 6.45) is 1.67. The third-order valence-electron chi connectivity index (χ3n) is 2.41. The van der Waals surface area contributed by atoms with E-state index >= 15 is 0 Å². The Hall–Kier alpha value is -1.10. The Bertz CT molecular complexity index is 536. The van der Waals surface area contributed by atoms with Crippen LogP contribution in [0.5, 0.6) is 0 Å². The highest BCUT2D eigenvalue weighted by Gasteiger charge is 2.14. The molecule has 0 spiro atoms. The third kappa shape index (κ3) is 3.22. The second-order valence-corrected chi connectivity index (χ2v) is 5.29. The maximum Gasteiger partial charge on any atom is 0.123 e. The Labute approximate surface area is 114 Å². The number of aromatic nitrogens is 1.